The molecule has 2 rings (SSSR count). The van der Waals surface area contributed by atoms with Crippen molar-refractivity contribution in [3.8, 4) is 5.75 Å². The van der Waals surface area contributed by atoms with Gasteiger partial charge in [-0.25, -0.2) is 0 Å². The zero-order chi connectivity index (χ0) is 13.1. The summed E-state index contributed by atoms with van der Waals surface area (Å²) in [6, 6.07) is 11.7. The van der Waals surface area contributed by atoms with Gasteiger partial charge in [0.1, 0.15) is 5.75 Å². The van der Waals surface area contributed by atoms with Crippen molar-refractivity contribution >= 4 is 33.0 Å². The second kappa shape index (κ2) is 5.31. The second-order valence-electron chi connectivity index (χ2n) is 4.04. The van der Waals surface area contributed by atoms with E-state index in [1.54, 1.807) is 7.11 Å². The topological polar surface area (TPSA) is 47.3 Å². The molecule has 0 bridgehead atoms. The Morgan fingerprint density at radius 3 is 2.44 bits per heavy atom. The van der Waals surface area contributed by atoms with Crippen LogP contribution >= 0.6 is 15.9 Å². The number of rotatable bonds is 3. The first-order valence-corrected chi connectivity index (χ1v) is 6.36. The number of anilines is 3. The Kier molecular flexibility index (Phi) is 3.77. The Balaban J connectivity index is 2.28. The van der Waals surface area contributed by atoms with E-state index in [9.17, 15) is 0 Å². The standard InChI is InChI=1S/C14H15BrN2O/c1-9-7-11(18-2)4-6-13(9)17-14-5-3-10(15)8-12(14)16/h3-8,17H,16H2,1-2H3. The summed E-state index contributed by atoms with van der Waals surface area (Å²) in [6.07, 6.45) is 0. The molecule has 0 aliphatic carbocycles. The summed E-state index contributed by atoms with van der Waals surface area (Å²) in [5.74, 6) is 0.849. The van der Waals surface area contributed by atoms with Crippen LogP contribution in [0.2, 0.25) is 0 Å². The van der Waals surface area contributed by atoms with Crippen molar-refractivity contribution in [2.45, 2.75) is 6.92 Å². The number of nitrogens with one attached hydrogen (secondary N) is 1. The summed E-state index contributed by atoms with van der Waals surface area (Å²) in [7, 11) is 1.66. The van der Waals surface area contributed by atoms with Gasteiger partial charge in [0, 0.05) is 10.2 Å². The molecule has 0 spiro atoms. The smallest absolute Gasteiger partial charge is 0.119 e. The highest BCUT2D eigenvalue weighted by Crippen LogP contribution is 2.29. The van der Waals surface area contributed by atoms with E-state index in [-0.39, 0.29) is 0 Å². The minimum atomic E-state index is 0.708. The Morgan fingerprint density at radius 1 is 1.11 bits per heavy atom. The van der Waals surface area contributed by atoms with Crippen molar-refractivity contribution < 1.29 is 4.74 Å². The molecule has 0 aromatic heterocycles. The van der Waals surface area contributed by atoms with Gasteiger partial charge in [0.15, 0.2) is 0 Å². The molecule has 0 unspecified atom stereocenters. The van der Waals surface area contributed by atoms with Gasteiger partial charge in [-0.05, 0) is 48.9 Å². The van der Waals surface area contributed by atoms with Crippen molar-refractivity contribution in [1.82, 2.24) is 0 Å². The third-order valence-electron chi connectivity index (χ3n) is 2.72. The predicted octanol–water partition coefficient (Wildman–Crippen LogP) is 4.09. The zero-order valence-electron chi connectivity index (χ0n) is 10.3. The van der Waals surface area contributed by atoms with Crippen LogP contribution in [-0.4, -0.2) is 7.11 Å². The van der Waals surface area contributed by atoms with Crippen LogP contribution in [0.5, 0.6) is 5.75 Å². The fraction of sp³-hybridized carbons (Fsp3) is 0.143. The summed E-state index contributed by atoms with van der Waals surface area (Å²) in [4.78, 5) is 0. The Hall–Kier alpha value is -1.68. The van der Waals surface area contributed by atoms with E-state index in [0.29, 0.717) is 5.69 Å². The molecule has 0 aliphatic heterocycles. The first-order chi connectivity index (χ1) is 8.60. The number of benzene rings is 2. The summed E-state index contributed by atoms with van der Waals surface area (Å²) in [6.45, 7) is 2.03. The molecule has 18 heavy (non-hydrogen) atoms. The van der Waals surface area contributed by atoms with Crippen LogP contribution in [-0.2, 0) is 0 Å². The van der Waals surface area contributed by atoms with E-state index < -0.39 is 0 Å². The van der Waals surface area contributed by atoms with Gasteiger partial charge in [-0.15, -0.1) is 0 Å². The molecule has 4 heteroatoms. The van der Waals surface area contributed by atoms with Crippen LogP contribution in [0.25, 0.3) is 0 Å². The van der Waals surface area contributed by atoms with Crippen LogP contribution in [0.3, 0.4) is 0 Å². The van der Waals surface area contributed by atoms with E-state index in [0.717, 1.165) is 27.2 Å². The number of methoxy groups -OCH3 is 1. The number of nitrogen functional groups attached to an aromatic ring is 1. The molecule has 3 nitrogen and oxygen atoms in total. The molecule has 0 saturated heterocycles. The van der Waals surface area contributed by atoms with E-state index >= 15 is 0 Å². The van der Waals surface area contributed by atoms with Crippen LogP contribution in [0.4, 0.5) is 17.1 Å². The van der Waals surface area contributed by atoms with Gasteiger partial charge in [0.2, 0.25) is 0 Å². The number of hydrogen-bond donors (Lipinski definition) is 2. The van der Waals surface area contributed by atoms with Gasteiger partial charge < -0.3 is 15.8 Å². The minimum absolute atomic E-state index is 0.708. The van der Waals surface area contributed by atoms with Crippen molar-refractivity contribution in [2.75, 3.05) is 18.2 Å². The number of hydrogen-bond acceptors (Lipinski definition) is 3. The van der Waals surface area contributed by atoms with E-state index in [4.69, 9.17) is 10.5 Å². The van der Waals surface area contributed by atoms with Crippen molar-refractivity contribution in [2.24, 2.45) is 0 Å². The largest absolute Gasteiger partial charge is 0.497 e. The molecule has 0 amide bonds. The van der Waals surface area contributed by atoms with E-state index in [1.165, 1.54) is 0 Å². The lowest BCUT2D eigenvalue weighted by Crippen LogP contribution is -1.98. The zero-order valence-corrected chi connectivity index (χ0v) is 11.9. The monoisotopic (exact) mass is 306 g/mol. The number of halogens is 1. The van der Waals surface area contributed by atoms with Crippen LogP contribution in [0.15, 0.2) is 40.9 Å². The predicted molar refractivity (Wildman–Crippen MR) is 79.6 cm³/mol. The average Bonchev–Trinajstić information content (AvgIpc) is 2.34. The lowest BCUT2D eigenvalue weighted by molar-refractivity contribution is 0.414. The molecule has 2 aromatic rings. The highest BCUT2D eigenvalue weighted by Gasteiger charge is 2.04. The fourth-order valence-electron chi connectivity index (χ4n) is 1.70. The third-order valence-corrected chi connectivity index (χ3v) is 3.21. The van der Waals surface area contributed by atoms with Gasteiger partial charge in [0.25, 0.3) is 0 Å². The maximum absolute atomic E-state index is 5.96. The molecule has 3 N–H and O–H groups in total. The fourth-order valence-corrected chi connectivity index (χ4v) is 2.07. The van der Waals surface area contributed by atoms with Crippen molar-refractivity contribution in [1.29, 1.82) is 0 Å². The molecular weight excluding hydrogens is 292 g/mol. The number of aryl methyl sites for hydroxylation is 1. The number of nitrogens with two attached hydrogens (primary N) is 1. The van der Waals surface area contributed by atoms with Crippen LogP contribution in [0, 0.1) is 6.92 Å². The van der Waals surface area contributed by atoms with Crippen LogP contribution in [0.1, 0.15) is 5.56 Å². The third kappa shape index (κ3) is 2.76. The Labute approximate surface area is 115 Å². The van der Waals surface area contributed by atoms with Gasteiger partial charge in [0.05, 0.1) is 18.5 Å². The highest BCUT2D eigenvalue weighted by molar-refractivity contribution is 9.10. The van der Waals surface area contributed by atoms with Gasteiger partial charge in [-0.3, -0.25) is 0 Å². The summed E-state index contributed by atoms with van der Waals surface area (Å²) >= 11 is 3.39. The molecule has 0 saturated carbocycles. The van der Waals surface area contributed by atoms with Gasteiger partial charge >= 0.3 is 0 Å². The molecule has 0 radical (unpaired) electrons. The highest BCUT2D eigenvalue weighted by atomic mass is 79.9. The lowest BCUT2D eigenvalue weighted by Gasteiger charge is -2.13. The maximum atomic E-state index is 5.96. The molecule has 2 aromatic carbocycles. The second-order valence-corrected chi connectivity index (χ2v) is 4.95. The molecule has 0 atom stereocenters. The summed E-state index contributed by atoms with van der Waals surface area (Å²) < 4.78 is 6.15. The molecule has 0 aliphatic rings. The molecular formula is C14H15BrN2O. The van der Waals surface area contributed by atoms with Gasteiger partial charge in [-0.1, -0.05) is 15.9 Å². The van der Waals surface area contributed by atoms with Crippen LogP contribution < -0.4 is 15.8 Å². The normalized spacial score (nSPS) is 10.2. The minimum Gasteiger partial charge on any atom is -0.497 e. The Bertz CT molecular complexity index is 570. The first kappa shape index (κ1) is 12.8. The van der Waals surface area contributed by atoms with Gasteiger partial charge in [-0.2, -0.15) is 0 Å². The Morgan fingerprint density at radius 2 is 1.83 bits per heavy atom. The van der Waals surface area contributed by atoms with E-state index in [1.807, 2.05) is 43.3 Å². The SMILES string of the molecule is COc1ccc(Nc2ccc(Br)cc2N)c(C)c1. The molecule has 0 fully saturated rings. The molecule has 0 heterocycles. The number of ether oxygens (including phenoxy) is 1. The molecule has 94 valence electrons. The quantitative estimate of drug-likeness (QED) is 0.840. The lowest BCUT2D eigenvalue weighted by atomic mass is 10.1. The van der Waals surface area contributed by atoms with E-state index in [2.05, 4.69) is 21.2 Å². The van der Waals surface area contributed by atoms with Crippen molar-refractivity contribution in [3.63, 3.8) is 0 Å². The maximum Gasteiger partial charge on any atom is 0.119 e. The van der Waals surface area contributed by atoms with Crippen molar-refractivity contribution in [3.05, 3.63) is 46.4 Å². The summed E-state index contributed by atoms with van der Waals surface area (Å²) in [5, 5.41) is 3.32. The summed E-state index contributed by atoms with van der Waals surface area (Å²) in [5.41, 5.74) is 9.69. The first-order valence-electron chi connectivity index (χ1n) is 5.57. The average molecular weight is 307 g/mol.